The van der Waals surface area contributed by atoms with Gasteiger partial charge in [-0.15, -0.1) is 0 Å². The van der Waals surface area contributed by atoms with Gasteiger partial charge in [0.25, 0.3) is 6.47 Å². The minimum absolute atomic E-state index is 0.0123. The summed E-state index contributed by atoms with van der Waals surface area (Å²) in [7, 11) is 0. The topological polar surface area (TPSA) is 154 Å². The number of carboxylic acid groups (broad SMARTS) is 1. The van der Waals surface area contributed by atoms with Gasteiger partial charge in [0.1, 0.15) is 24.4 Å². The van der Waals surface area contributed by atoms with E-state index in [1.807, 2.05) is 0 Å². The first kappa shape index (κ1) is 34.3. The molecule has 1 heterocycles. The van der Waals surface area contributed by atoms with E-state index in [2.05, 4.69) is 54.5 Å². The van der Waals surface area contributed by atoms with Gasteiger partial charge >= 0.3 is 5.97 Å². The third kappa shape index (κ3) is 4.57. The van der Waals surface area contributed by atoms with Gasteiger partial charge < -0.3 is 35.0 Å². The summed E-state index contributed by atoms with van der Waals surface area (Å²) in [6.45, 7) is 16.5. The summed E-state index contributed by atoms with van der Waals surface area (Å²) >= 11 is 0. The fourth-order valence-corrected chi connectivity index (χ4v) is 12.8. The first-order valence-electron chi connectivity index (χ1n) is 17.7. The van der Waals surface area contributed by atoms with Crippen molar-refractivity contribution in [3.05, 3.63) is 11.6 Å². The first-order valence-corrected chi connectivity index (χ1v) is 17.7. The highest BCUT2D eigenvalue weighted by Gasteiger charge is 2.70. The number of carboxylic acids is 1. The summed E-state index contributed by atoms with van der Waals surface area (Å²) in [6.07, 6.45) is 2.65. The van der Waals surface area contributed by atoms with Gasteiger partial charge in [-0.1, -0.05) is 60.1 Å². The molecule has 0 aromatic heterocycles. The molecule has 6 unspecified atom stereocenters. The molecule has 0 aromatic carbocycles. The van der Waals surface area contributed by atoms with Crippen LogP contribution in [0, 0.1) is 56.2 Å². The van der Waals surface area contributed by atoms with Gasteiger partial charge in [-0.2, -0.15) is 0 Å². The Morgan fingerprint density at radius 1 is 0.913 bits per heavy atom. The van der Waals surface area contributed by atoms with Crippen LogP contribution in [-0.2, 0) is 19.1 Å². The Labute approximate surface area is 274 Å². The van der Waals surface area contributed by atoms with E-state index in [-0.39, 0.29) is 51.3 Å². The van der Waals surface area contributed by atoms with Gasteiger partial charge in [-0.05, 0) is 115 Å². The molecule has 0 radical (unpaired) electrons. The maximum absolute atomic E-state index is 13.0. The number of carbonyl (C=O) groups is 2. The van der Waals surface area contributed by atoms with Crippen LogP contribution in [0.4, 0.5) is 0 Å². The monoisotopic (exact) mass is 646 g/mol. The van der Waals surface area contributed by atoms with Gasteiger partial charge in [0.05, 0.1) is 11.5 Å². The van der Waals surface area contributed by atoms with Crippen LogP contribution >= 0.6 is 0 Å². The zero-order valence-electron chi connectivity index (χ0n) is 28.9. The number of carbonyl (C=O) groups excluding carboxylic acids is 1. The third-order valence-electron chi connectivity index (χ3n) is 15.7. The minimum atomic E-state index is -1.63. The lowest BCUT2D eigenvalue weighted by Crippen LogP contribution is -2.67. The molecule has 1 saturated heterocycles. The Balaban J connectivity index is 1.30. The van der Waals surface area contributed by atoms with E-state index in [4.69, 9.17) is 9.47 Å². The number of fused-ring (bicyclic) bond motifs is 7. The average Bonchev–Trinajstić information content (AvgIpc) is 2.97. The van der Waals surface area contributed by atoms with Crippen molar-refractivity contribution in [3.8, 4) is 0 Å². The quantitative estimate of drug-likeness (QED) is 0.209. The largest absolute Gasteiger partial charge is 0.481 e. The molecule has 14 atom stereocenters. The van der Waals surface area contributed by atoms with Crippen molar-refractivity contribution in [1.29, 1.82) is 0 Å². The fraction of sp³-hybridized carbons (Fsp3) is 0.892. The van der Waals surface area contributed by atoms with Gasteiger partial charge in [-0.25, -0.2) is 0 Å². The third-order valence-corrected chi connectivity index (χ3v) is 15.7. The second-order valence-electron chi connectivity index (χ2n) is 18.3. The molecule has 46 heavy (non-hydrogen) atoms. The summed E-state index contributed by atoms with van der Waals surface area (Å²) in [5.41, 5.74) is 0.445. The molecule has 260 valence electrons. The number of aliphatic hydroxyl groups is 4. The predicted molar refractivity (Wildman–Crippen MR) is 170 cm³/mol. The number of hydrogen-bond acceptors (Lipinski definition) is 8. The Kier molecular flexibility index (Phi) is 8.21. The molecule has 5 N–H and O–H groups in total. The number of allylic oxidation sites excluding steroid dienone is 2. The molecule has 1 aliphatic heterocycles. The van der Waals surface area contributed by atoms with Crippen molar-refractivity contribution in [3.63, 3.8) is 0 Å². The van der Waals surface area contributed by atoms with Crippen molar-refractivity contribution in [1.82, 2.24) is 0 Å². The van der Waals surface area contributed by atoms with Gasteiger partial charge in [0, 0.05) is 0 Å². The van der Waals surface area contributed by atoms with E-state index in [1.165, 1.54) is 5.57 Å². The second kappa shape index (κ2) is 11.0. The molecular weight excluding hydrogens is 588 g/mol. The summed E-state index contributed by atoms with van der Waals surface area (Å²) in [4.78, 5) is 24.0. The zero-order valence-corrected chi connectivity index (χ0v) is 28.9. The summed E-state index contributed by atoms with van der Waals surface area (Å²) in [5.74, 6) is -0.123. The molecule has 0 bridgehead atoms. The summed E-state index contributed by atoms with van der Waals surface area (Å²) in [5, 5.41) is 54.1. The van der Waals surface area contributed by atoms with E-state index in [9.17, 15) is 35.1 Å². The molecule has 4 saturated carbocycles. The molecule has 0 spiro atoms. The van der Waals surface area contributed by atoms with Crippen molar-refractivity contribution < 1.29 is 44.6 Å². The van der Waals surface area contributed by atoms with Crippen molar-refractivity contribution >= 4 is 12.4 Å². The molecular formula is C37H58O9. The highest BCUT2D eigenvalue weighted by Crippen LogP contribution is 2.76. The van der Waals surface area contributed by atoms with E-state index in [0.29, 0.717) is 12.3 Å². The summed E-state index contributed by atoms with van der Waals surface area (Å²) < 4.78 is 10.6. The van der Waals surface area contributed by atoms with Crippen LogP contribution in [0.5, 0.6) is 0 Å². The lowest BCUT2D eigenvalue weighted by atomic mass is 9.33. The second-order valence-corrected chi connectivity index (χ2v) is 18.3. The number of rotatable bonds is 5. The lowest BCUT2D eigenvalue weighted by molar-refractivity contribution is -0.308. The Bertz CT molecular complexity index is 1260. The molecule has 9 heteroatoms. The molecule has 0 amide bonds. The number of hydrogen-bond donors (Lipinski definition) is 5. The predicted octanol–water partition coefficient (Wildman–Crippen LogP) is 4.83. The minimum Gasteiger partial charge on any atom is -0.481 e. The molecule has 5 fully saturated rings. The van der Waals surface area contributed by atoms with E-state index in [1.54, 1.807) is 0 Å². The maximum Gasteiger partial charge on any atom is 0.310 e. The van der Waals surface area contributed by atoms with Crippen molar-refractivity contribution in [2.45, 2.75) is 149 Å². The van der Waals surface area contributed by atoms with Crippen molar-refractivity contribution in [2.24, 2.45) is 56.2 Å². The molecule has 6 aliphatic rings. The van der Waals surface area contributed by atoms with Crippen molar-refractivity contribution in [2.75, 3.05) is 0 Å². The van der Waals surface area contributed by atoms with Crippen LogP contribution < -0.4 is 0 Å². The SMILES string of the molecule is CC1(C)CC[C@]2(C(=O)O)CC[C@]3(C)C(=CCC4[C@@]5(C)CC[C@@H](C(O)[C@@H]6OC(OC=O)[C@@H](O)C(O)[C@@H]6O)C(C)(C)C5CC[C@]43C)C2C1. The number of ether oxygens (including phenoxy) is 2. The Hall–Kier alpha value is -1.52. The van der Waals surface area contributed by atoms with Gasteiger partial charge in [-0.3, -0.25) is 9.59 Å². The van der Waals surface area contributed by atoms with Crippen LogP contribution in [0.3, 0.4) is 0 Å². The van der Waals surface area contributed by atoms with Crippen LogP contribution in [-0.4, -0.2) is 74.8 Å². The Morgan fingerprint density at radius 3 is 2.24 bits per heavy atom. The standard InChI is InChI=1S/C37H58O9/c1-32(2)14-16-37(31(43)44)17-15-35(6)20(22(37)18-32)8-9-24-34(5)12-10-21(33(3,4)23(34)11-13-36(24,35)7)25(39)29-27(41)26(40)28(42)30(46-29)45-19-38/h8,19,21-30,39-42H,9-18H2,1-7H3,(H,43,44)/t21-,22?,23?,24?,25?,26?,27-,28-,29-,30?,34-,35+,36+,37-/m0/s1. The average molecular weight is 647 g/mol. The zero-order chi connectivity index (χ0) is 33.8. The maximum atomic E-state index is 13.0. The molecule has 9 nitrogen and oxygen atoms in total. The highest BCUT2D eigenvalue weighted by atomic mass is 16.7. The van der Waals surface area contributed by atoms with Crippen LogP contribution in [0.15, 0.2) is 11.6 Å². The highest BCUT2D eigenvalue weighted by molar-refractivity contribution is 5.76. The smallest absolute Gasteiger partial charge is 0.310 e. The molecule has 6 rings (SSSR count). The summed E-state index contributed by atoms with van der Waals surface area (Å²) in [6, 6.07) is 0. The van der Waals surface area contributed by atoms with Gasteiger partial charge in [0.15, 0.2) is 0 Å². The fourth-order valence-electron chi connectivity index (χ4n) is 12.8. The first-order chi connectivity index (χ1) is 21.3. The Morgan fingerprint density at radius 2 is 1.59 bits per heavy atom. The lowest BCUT2D eigenvalue weighted by Gasteiger charge is -2.71. The van der Waals surface area contributed by atoms with E-state index < -0.39 is 48.2 Å². The number of aliphatic carboxylic acids is 1. The van der Waals surface area contributed by atoms with Crippen LogP contribution in [0.1, 0.15) is 113 Å². The van der Waals surface area contributed by atoms with E-state index >= 15 is 0 Å². The van der Waals surface area contributed by atoms with Gasteiger partial charge in [0.2, 0.25) is 6.29 Å². The molecule has 0 aromatic rings. The normalized spacial score (nSPS) is 51.6. The van der Waals surface area contributed by atoms with E-state index in [0.717, 1.165) is 57.8 Å². The number of aliphatic hydroxyl groups excluding tert-OH is 4. The molecule has 5 aliphatic carbocycles. The van der Waals surface area contributed by atoms with Crippen LogP contribution in [0.2, 0.25) is 0 Å². The van der Waals surface area contributed by atoms with Crippen LogP contribution in [0.25, 0.3) is 0 Å².